The van der Waals surface area contributed by atoms with Gasteiger partial charge in [0.15, 0.2) is 6.10 Å². The van der Waals surface area contributed by atoms with Gasteiger partial charge in [0.1, 0.15) is 5.75 Å². The van der Waals surface area contributed by atoms with Crippen LogP contribution in [-0.2, 0) is 11.3 Å². The number of aryl methyl sites for hydroxylation is 1. The van der Waals surface area contributed by atoms with Crippen molar-refractivity contribution in [2.24, 2.45) is 0 Å². The third-order valence-electron chi connectivity index (χ3n) is 3.69. The molecule has 1 aromatic heterocycles. The van der Waals surface area contributed by atoms with Crippen molar-refractivity contribution in [1.29, 1.82) is 0 Å². The summed E-state index contributed by atoms with van der Waals surface area (Å²) in [6.07, 6.45) is -0.642. The molecule has 3 aromatic rings. The molecule has 0 aliphatic carbocycles. The lowest BCUT2D eigenvalue weighted by atomic mass is 10.2. The minimum absolute atomic E-state index is 0.126. The monoisotopic (exact) mass is 371 g/mol. The van der Waals surface area contributed by atoms with E-state index in [1.54, 1.807) is 31.2 Å². The molecule has 7 heteroatoms. The van der Waals surface area contributed by atoms with Crippen LogP contribution in [0.25, 0.3) is 11.4 Å². The fourth-order valence-corrected chi connectivity index (χ4v) is 2.35. The maximum Gasteiger partial charge on any atom is 0.261 e. The Morgan fingerprint density at radius 3 is 2.58 bits per heavy atom. The van der Waals surface area contributed by atoms with Crippen LogP contribution >= 0.6 is 11.6 Å². The molecule has 1 heterocycles. The maximum absolute atomic E-state index is 12.2. The van der Waals surface area contributed by atoms with Crippen molar-refractivity contribution >= 4 is 17.5 Å². The first-order valence-electron chi connectivity index (χ1n) is 8.11. The summed E-state index contributed by atoms with van der Waals surface area (Å²) in [5, 5.41) is 7.26. The SMILES string of the molecule is Cc1ccc(O[C@H](C)C(=O)NCc2nc(-c3ccc(Cl)cc3)no2)cc1. The highest BCUT2D eigenvalue weighted by molar-refractivity contribution is 6.30. The van der Waals surface area contributed by atoms with Gasteiger partial charge in [0, 0.05) is 10.6 Å². The molecule has 0 spiro atoms. The summed E-state index contributed by atoms with van der Waals surface area (Å²) in [5.74, 6) is 1.12. The molecule has 0 radical (unpaired) electrons. The molecule has 0 aliphatic heterocycles. The van der Waals surface area contributed by atoms with Crippen molar-refractivity contribution in [3.8, 4) is 17.1 Å². The third kappa shape index (κ3) is 4.61. The second kappa shape index (κ2) is 8.01. The summed E-state index contributed by atoms with van der Waals surface area (Å²) >= 11 is 5.86. The van der Waals surface area contributed by atoms with Crippen molar-refractivity contribution in [3.63, 3.8) is 0 Å². The quantitative estimate of drug-likeness (QED) is 0.713. The minimum Gasteiger partial charge on any atom is -0.481 e. The molecule has 26 heavy (non-hydrogen) atoms. The molecule has 0 bridgehead atoms. The van der Waals surface area contributed by atoms with Gasteiger partial charge >= 0.3 is 0 Å². The lowest BCUT2D eigenvalue weighted by Crippen LogP contribution is -2.35. The lowest BCUT2D eigenvalue weighted by molar-refractivity contribution is -0.127. The molecule has 6 nitrogen and oxygen atoms in total. The van der Waals surface area contributed by atoms with Gasteiger partial charge in [0.2, 0.25) is 11.7 Å². The second-order valence-corrected chi connectivity index (χ2v) is 6.25. The molecular weight excluding hydrogens is 354 g/mol. The lowest BCUT2D eigenvalue weighted by Gasteiger charge is -2.14. The summed E-state index contributed by atoms with van der Waals surface area (Å²) in [4.78, 5) is 16.4. The number of amides is 1. The molecular formula is C19H18ClN3O3. The number of ether oxygens (including phenoxy) is 1. The van der Waals surface area contributed by atoms with E-state index in [0.717, 1.165) is 11.1 Å². The Kier molecular flexibility index (Phi) is 5.53. The maximum atomic E-state index is 12.2. The molecule has 134 valence electrons. The van der Waals surface area contributed by atoms with Gasteiger partial charge in [-0.05, 0) is 50.2 Å². The molecule has 0 saturated heterocycles. The zero-order valence-corrected chi connectivity index (χ0v) is 15.2. The van der Waals surface area contributed by atoms with Crippen LogP contribution in [0, 0.1) is 6.92 Å². The number of carbonyl (C=O) groups excluding carboxylic acids is 1. The van der Waals surface area contributed by atoms with Gasteiger partial charge < -0.3 is 14.6 Å². The fourth-order valence-electron chi connectivity index (χ4n) is 2.22. The van der Waals surface area contributed by atoms with Crippen LogP contribution in [0.3, 0.4) is 0 Å². The fraction of sp³-hybridized carbons (Fsp3) is 0.211. The molecule has 0 saturated carbocycles. The first-order chi connectivity index (χ1) is 12.5. The predicted molar refractivity (Wildman–Crippen MR) is 97.9 cm³/mol. The topological polar surface area (TPSA) is 77.2 Å². The van der Waals surface area contributed by atoms with E-state index in [2.05, 4.69) is 15.5 Å². The highest BCUT2D eigenvalue weighted by Crippen LogP contribution is 2.18. The zero-order chi connectivity index (χ0) is 18.5. The second-order valence-electron chi connectivity index (χ2n) is 5.81. The smallest absolute Gasteiger partial charge is 0.261 e. The van der Waals surface area contributed by atoms with Gasteiger partial charge in [-0.3, -0.25) is 4.79 Å². The van der Waals surface area contributed by atoms with Crippen molar-refractivity contribution in [2.75, 3.05) is 0 Å². The summed E-state index contributed by atoms with van der Waals surface area (Å²) in [6, 6.07) is 14.6. The Balaban J connectivity index is 1.54. The Labute approximate surface area is 156 Å². The number of hydrogen-bond donors (Lipinski definition) is 1. The molecule has 0 fully saturated rings. The van der Waals surface area contributed by atoms with E-state index < -0.39 is 6.10 Å². The van der Waals surface area contributed by atoms with E-state index in [9.17, 15) is 4.79 Å². The normalized spacial score (nSPS) is 11.8. The van der Waals surface area contributed by atoms with E-state index in [-0.39, 0.29) is 12.5 Å². The van der Waals surface area contributed by atoms with Gasteiger partial charge in [0.05, 0.1) is 6.54 Å². The zero-order valence-electron chi connectivity index (χ0n) is 14.4. The van der Waals surface area contributed by atoms with Gasteiger partial charge in [-0.15, -0.1) is 0 Å². The summed E-state index contributed by atoms with van der Waals surface area (Å²) in [6.45, 7) is 3.80. The average molecular weight is 372 g/mol. The Bertz CT molecular complexity index is 876. The standard InChI is InChI=1S/C19H18ClN3O3/c1-12-3-9-16(10-4-12)25-13(2)19(24)21-11-17-22-18(23-26-17)14-5-7-15(20)8-6-14/h3-10,13H,11H2,1-2H3,(H,21,24)/t13-/m1/s1. The summed E-state index contributed by atoms with van der Waals surface area (Å²) in [7, 11) is 0. The summed E-state index contributed by atoms with van der Waals surface area (Å²) in [5.41, 5.74) is 1.91. The Morgan fingerprint density at radius 1 is 1.19 bits per heavy atom. The van der Waals surface area contributed by atoms with Crippen molar-refractivity contribution < 1.29 is 14.1 Å². The molecule has 1 amide bonds. The van der Waals surface area contributed by atoms with Crippen LogP contribution in [0.4, 0.5) is 0 Å². The Hall–Kier alpha value is -2.86. The van der Waals surface area contributed by atoms with Crippen LogP contribution < -0.4 is 10.1 Å². The van der Waals surface area contributed by atoms with E-state index in [1.807, 2.05) is 31.2 Å². The van der Waals surface area contributed by atoms with Gasteiger partial charge in [-0.1, -0.05) is 34.5 Å². The van der Waals surface area contributed by atoms with Crippen molar-refractivity contribution in [3.05, 3.63) is 65.0 Å². The van der Waals surface area contributed by atoms with Crippen LogP contribution in [-0.4, -0.2) is 22.2 Å². The largest absolute Gasteiger partial charge is 0.481 e. The molecule has 3 rings (SSSR count). The molecule has 0 aliphatic rings. The number of benzene rings is 2. The number of nitrogens with zero attached hydrogens (tertiary/aromatic N) is 2. The van der Waals surface area contributed by atoms with Crippen LogP contribution in [0.5, 0.6) is 5.75 Å². The van der Waals surface area contributed by atoms with Gasteiger partial charge in [-0.2, -0.15) is 4.98 Å². The van der Waals surface area contributed by atoms with E-state index in [0.29, 0.717) is 22.5 Å². The summed E-state index contributed by atoms with van der Waals surface area (Å²) < 4.78 is 10.8. The van der Waals surface area contributed by atoms with Gasteiger partial charge in [-0.25, -0.2) is 0 Å². The number of nitrogens with one attached hydrogen (secondary N) is 1. The molecule has 1 N–H and O–H groups in total. The predicted octanol–water partition coefficient (Wildman–Crippen LogP) is 3.78. The molecule has 1 atom stereocenters. The third-order valence-corrected chi connectivity index (χ3v) is 3.94. The van der Waals surface area contributed by atoms with Crippen LogP contribution in [0.1, 0.15) is 18.4 Å². The van der Waals surface area contributed by atoms with Crippen LogP contribution in [0.15, 0.2) is 53.1 Å². The van der Waals surface area contributed by atoms with E-state index in [4.69, 9.17) is 20.9 Å². The number of aromatic nitrogens is 2. The first-order valence-corrected chi connectivity index (χ1v) is 8.48. The average Bonchev–Trinajstić information content (AvgIpc) is 3.11. The highest BCUT2D eigenvalue weighted by atomic mass is 35.5. The number of hydrogen-bond acceptors (Lipinski definition) is 5. The Morgan fingerprint density at radius 2 is 1.88 bits per heavy atom. The van der Waals surface area contributed by atoms with E-state index in [1.165, 1.54) is 0 Å². The number of halogens is 1. The number of rotatable bonds is 6. The highest BCUT2D eigenvalue weighted by Gasteiger charge is 2.16. The van der Waals surface area contributed by atoms with E-state index >= 15 is 0 Å². The van der Waals surface area contributed by atoms with Gasteiger partial charge in [0.25, 0.3) is 5.91 Å². The number of carbonyl (C=O) groups is 1. The van der Waals surface area contributed by atoms with Crippen molar-refractivity contribution in [2.45, 2.75) is 26.5 Å². The molecule has 0 unspecified atom stereocenters. The first kappa shape index (κ1) is 17.9. The minimum atomic E-state index is -0.642. The van der Waals surface area contributed by atoms with Crippen LogP contribution in [0.2, 0.25) is 5.02 Å². The molecule has 2 aromatic carbocycles. The van der Waals surface area contributed by atoms with Crippen molar-refractivity contribution in [1.82, 2.24) is 15.5 Å².